The van der Waals surface area contributed by atoms with Gasteiger partial charge in [-0.15, -0.1) is 0 Å². The van der Waals surface area contributed by atoms with Crippen LogP contribution < -0.4 is 10.2 Å². The number of fused-ring (bicyclic) bond motifs is 1. The van der Waals surface area contributed by atoms with Crippen LogP contribution in [0.4, 0.5) is 11.4 Å². The Labute approximate surface area is 203 Å². The summed E-state index contributed by atoms with van der Waals surface area (Å²) in [4.78, 5) is 17.9. The van der Waals surface area contributed by atoms with Crippen LogP contribution in [0.1, 0.15) is 44.9 Å². The van der Waals surface area contributed by atoms with E-state index in [0.29, 0.717) is 38.5 Å². The van der Waals surface area contributed by atoms with Crippen LogP contribution in [-0.4, -0.2) is 82.6 Å². The summed E-state index contributed by atoms with van der Waals surface area (Å²) in [7, 11) is -3.63. The van der Waals surface area contributed by atoms with Crippen molar-refractivity contribution in [3.05, 3.63) is 18.2 Å². The largest absolute Gasteiger partial charge is 0.379 e. The van der Waals surface area contributed by atoms with Gasteiger partial charge in [-0.2, -0.15) is 4.31 Å². The molecular formula is C25H38N4O4S. The topological polar surface area (TPSA) is 82.2 Å². The maximum atomic E-state index is 13.2. The van der Waals surface area contributed by atoms with Gasteiger partial charge in [0.2, 0.25) is 15.9 Å². The molecule has 0 aromatic heterocycles. The fourth-order valence-electron chi connectivity index (χ4n) is 6.16. The van der Waals surface area contributed by atoms with E-state index in [9.17, 15) is 13.2 Å². The van der Waals surface area contributed by atoms with Gasteiger partial charge < -0.3 is 15.0 Å². The lowest BCUT2D eigenvalue weighted by molar-refractivity contribution is -0.118. The van der Waals surface area contributed by atoms with Crippen molar-refractivity contribution in [1.29, 1.82) is 0 Å². The molecule has 3 heterocycles. The molecule has 34 heavy (non-hydrogen) atoms. The number of carbonyl (C=O) groups excluding carboxylic acids is 1. The van der Waals surface area contributed by atoms with Crippen molar-refractivity contribution >= 4 is 27.3 Å². The van der Waals surface area contributed by atoms with Crippen molar-refractivity contribution < 1.29 is 17.9 Å². The Balaban J connectivity index is 1.32. The Morgan fingerprint density at radius 1 is 0.941 bits per heavy atom. The molecule has 1 aromatic rings. The van der Waals surface area contributed by atoms with Crippen LogP contribution in [0.5, 0.6) is 0 Å². The number of hydrogen-bond acceptors (Lipinski definition) is 6. The molecule has 2 atom stereocenters. The van der Waals surface area contributed by atoms with E-state index in [1.54, 1.807) is 12.1 Å². The molecule has 3 aliphatic heterocycles. The molecule has 8 nitrogen and oxygen atoms in total. The molecule has 1 amide bonds. The highest BCUT2D eigenvalue weighted by atomic mass is 32.2. The number of nitrogens with zero attached hydrogens (tertiary/aromatic N) is 3. The van der Waals surface area contributed by atoms with Crippen molar-refractivity contribution in [3.63, 3.8) is 0 Å². The third-order valence-corrected chi connectivity index (χ3v) is 9.93. The second-order valence-electron chi connectivity index (χ2n) is 10.3. The Morgan fingerprint density at radius 3 is 2.44 bits per heavy atom. The van der Waals surface area contributed by atoms with Crippen LogP contribution in [0, 0.1) is 11.8 Å². The van der Waals surface area contributed by atoms with Gasteiger partial charge in [0.15, 0.2) is 0 Å². The minimum Gasteiger partial charge on any atom is -0.379 e. The van der Waals surface area contributed by atoms with Gasteiger partial charge in [0.1, 0.15) is 0 Å². The van der Waals surface area contributed by atoms with Gasteiger partial charge >= 0.3 is 0 Å². The lowest BCUT2D eigenvalue weighted by Gasteiger charge is -2.41. The lowest BCUT2D eigenvalue weighted by atomic mass is 9.75. The van der Waals surface area contributed by atoms with Crippen LogP contribution in [0.2, 0.25) is 0 Å². The fraction of sp³-hybridized carbons (Fsp3) is 0.720. The minimum absolute atomic E-state index is 0.0596. The number of nitrogens with one attached hydrogen (secondary N) is 1. The standard InChI is InChI=1S/C25H38N4O4S/c30-25(19-27-12-9-20-5-1-2-6-21(20)18-27)26-23-17-22(7-8-24(23)28-10-3-4-11-28)34(31,32)29-13-15-33-16-14-29/h7-8,17,20-21H,1-6,9-16,18-19H2,(H,26,30)/t20-,21-/m0/s1. The van der Waals surface area contributed by atoms with E-state index in [0.717, 1.165) is 56.5 Å². The number of hydrogen-bond donors (Lipinski definition) is 1. The normalized spacial score (nSPS) is 26.9. The van der Waals surface area contributed by atoms with E-state index in [2.05, 4.69) is 15.1 Å². The summed E-state index contributed by atoms with van der Waals surface area (Å²) in [6.45, 7) is 5.72. The van der Waals surface area contributed by atoms with Gasteiger partial charge in [-0.1, -0.05) is 19.3 Å². The number of sulfonamides is 1. The molecule has 4 fully saturated rings. The van der Waals surface area contributed by atoms with Crippen LogP contribution >= 0.6 is 0 Å². The lowest BCUT2D eigenvalue weighted by Crippen LogP contribution is -2.45. The number of amides is 1. The first kappa shape index (κ1) is 24.0. The van der Waals surface area contributed by atoms with E-state index in [1.807, 2.05) is 6.07 Å². The summed E-state index contributed by atoms with van der Waals surface area (Å²) in [6.07, 6.45) is 8.69. The Kier molecular flexibility index (Phi) is 7.44. The number of anilines is 2. The molecule has 9 heteroatoms. The molecule has 1 aromatic carbocycles. The zero-order valence-corrected chi connectivity index (χ0v) is 20.9. The SMILES string of the molecule is O=C(CN1CC[C@@H]2CCCC[C@H]2C1)Nc1cc(S(=O)(=O)N2CCOCC2)ccc1N1CCCC1. The van der Waals surface area contributed by atoms with Crippen molar-refractivity contribution in [2.75, 3.05) is 69.2 Å². The third-order valence-electron chi connectivity index (χ3n) is 8.04. The van der Waals surface area contributed by atoms with Gasteiger partial charge in [0, 0.05) is 32.7 Å². The quantitative estimate of drug-likeness (QED) is 0.660. The fourth-order valence-corrected chi connectivity index (χ4v) is 7.59. The number of ether oxygens (including phenoxy) is 1. The Hall–Kier alpha value is -1.68. The number of rotatable bonds is 6. The van der Waals surface area contributed by atoms with Crippen LogP contribution in [0.15, 0.2) is 23.1 Å². The first-order chi connectivity index (χ1) is 16.5. The highest BCUT2D eigenvalue weighted by Crippen LogP contribution is 2.36. The Morgan fingerprint density at radius 2 is 1.68 bits per heavy atom. The number of likely N-dealkylation sites (tertiary alicyclic amines) is 1. The minimum atomic E-state index is -3.63. The summed E-state index contributed by atoms with van der Waals surface area (Å²) in [5.74, 6) is 1.49. The first-order valence-electron chi connectivity index (χ1n) is 13.0. The zero-order valence-electron chi connectivity index (χ0n) is 20.1. The predicted octanol–water partition coefficient (Wildman–Crippen LogP) is 2.76. The second-order valence-corrected chi connectivity index (χ2v) is 12.2. The molecule has 3 saturated heterocycles. The van der Waals surface area contributed by atoms with Crippen LogP contribution in [-0.2, 0) is 19.6 Å². The van der Waals surface area contributed by atoms with Gasteiger partial charge in [-0.25, -0.2) is 8.42 Å². The van der Waals surface area contributed by atoms with E-state index < -0.39 is 10.0 Å². The van der Waals surface area contributed by atoms with E-state index in [-0.39, 0.29) is 10.8 Å². The summed E-state index contributed by atoms with van der Waals surface area (Å²) in [6, 6.07) is 5.20. The molecular weight excluding hydrogens is 452 g/mol. The molecule has 4 aliphatic rings. The molecule has 5 rings (SSSR count). The summed E-state index contributed by atoms with van der Waals surface area (Å²) < 4.78 is 33.3. The molecule has 0 bridgehead atoms. The molecule has 1 N–H and O–H groups in total. The predicted molar refractivity (Wildman–Crippen MR) is 133 cm³/mol. The highest BCUT2D eigenvalue weighted by Gasteiger charge is 2.32. The molecule has 1 saturated carbocycles. The molecule has 188 valence electrons. The van der Waals surface area contributed by atoms with Crippen LogP contribution in [0.3, 0.4) is 0 Å². The summed E-state index contributed by atoms with van der Waals surface area (Å²) in [5, 5.41) is 3.09. The van der Waals surface area contributed by atoms with Crippen LogP contribution in [0.25, 0.3) is 0 Å². The monoisotopic (exact) mass is 490 g/mol. The maximum absolute atomic E-state index is 13.2. The molecule has 1 aliphatic carbocycles. The van der Waals surface area contributed by atoms with Gasteiger partial charge in [0.05, 0.1) is 36.0 Å². The number of benzene rings is 1. The Bertz CT molecular complexity index is 973. The summed E-state index contributed by atoms with van der Waals surface area (Å²) >= 11 is 0. The third kappa shape index (κ3) is 5.27. The highest BCUT2D eigenvalue weighted by molar-refractivity contribution is 7.89. The van der Waals surface area contributed by atoms with Crippen molar-refractivity contribution in [3.8, 4) is 0 Å². The second kappa shape index (κ2) is 10.5. The van der Waals surface area contributed by atoms with E-state index >= 15 is 0 Å². The number of carbonyl (C=O) groups is 1. The van der Waals surface area contributed by atoms with E-state index in [1.165, 1.54) is 36.4 Å². The van der Waals surface area contributed by atoms with Crippen molar-refractivity contribution in [2.45, 2.75) is 49.8 Å². The number of morpholine rings is 1. The van der Waals surface area contributed by atoms with Gasteiger partial charge in [-0.05, 0) is 62.3 Å². The average Bonchev–Trinajstić information content (AvgIpc) is 3.39. The van der Waals surface area contributed by atoms with Gasteiger partial charge in [0.25, 0.3) is 0 Å². The summed E-state index contributed by atoms with van der Waals surface area (Å²) in [5.41, 5.74) is 1.52. The van der Waals surface area contributed by atoms with E-state index in [4.69, 9.17) is 4.74 Å². The molecule has 0 radical (unpaired) electrons. The first-order valence-corrected chi connectivity index (χ1v) is 14.4. The molecule has 0 spiro atoms. The molecule has 0 unspecified atom stereocenters. The maximum Gasteiger partial charge on any atom is 0.243 e. The number of piperidine rings is 1. The van der Waals surface area contributed by atoms with Crippen molar-refractivity contribution in [1.82, 2.24) is 9.21 Å². The smallest absolute Gasteiger partial charge is 0.243 e. The zero-order chi connectivity index (χ0) is 23.5. The average molecular weight is 491 g/mol. The van der Waals surface area contributed by atoms with Crippen molar-refractivity contribution in [2.24, 2.45) is 11.8 Å². The van der Waals surface area contributed by atoms with Gasteiger partial charge in [-0.3, -0.25) is 9.69 Å².